The number of hydrogen-bond donors (Lipinski definition) is 6. The van der Waals surface area contributed by atoms with E-state index in [1.165, 1.54) is 31.2 Å². The van der Waals surface area contributed by atoms with Gasteiger partial charge in [0.25, 0.3) is 0 Å². The van der Waals surface area contributed by atoms with Crippen LogP contribution >= 0.6 is 0 Å². The fourth-order valence-electron chi connectivity index (χ4n) is 9.95. The highest BCUT2D eigenvalue weighted by Crippen LogP contribution is 2.54. The lowest BCUT2D eigenvalue weighted by molar-refractivity contribution is -0.296. The third-order valence-corrected chi connectivity index (χ3v) is 13.2. The Kier molecular flexibility index (Phi) is 11.4. The van der Waals surface area contributed by atoms with Crippen LogP contribution in [0.15, 0.2) is 35.4 Å². The molecule has 17 nitrogen and oxygen atoms in total. The zero-order valence-electron chi connectivity index (χ0n) is 34.1. The second-order valence-electron chi connectivity index (χ2n) is 17.8. The molecule has 0 spiro atoms. The summed E-state index contributed by atoms with van der Waals surface area (Å²) in [6.45, 7) is 8.02. The minimum Gasteiger partial charge on any atom is -0.507 e. The molecule has 17 heteroatoms. The molecule has 1 aromatic carbocycles. The average molecular weight is 843 g/mol. The second-order valence-corrected chi connectivity index (χ2v) is 17.8. The number of phenols is 1. The Balaban J connectivity index is 1.03. The van der Waals surface area contributed by atoms with Crippen LogP contribution < -0.4 is 0 Å². The van der Waals surface area contributed by atoms with Crippen molar-refractivity contribution in [3.63, 3.8) is 0 Å². The van der Waals surface area contributed by atoms with Gasteiger partial charge < -0.3 is 63.8 Å². The van der Waals surface area contributed by atoms with Crippen LogP contribution in [0.5, 0.6) is 5.75 Å². The van der Waals surface area contributed by atoms with Crippen LogP contribution in [0.3, 0.4) is 0 Å². The van der Waals surface area contributed by atoms with E-state index >= 15 is 0 Å². The summed E-state index contributed by atoms with van der Waals surface area (Å²) in [7, 11) is 0. The molecule has 8 rings (SSSR count). The molecule has 0 unspecified atom stereocenters. The lowest BCUT2D eigenvalue weighted by Crippen LogP contribution is -2.71. The lowest BCUT2D eigenvalue weighted by Gasteiger charge is -2.55. The number of aromatic hydroxyl groups is 1. The number of Topliss-reactive ketones (excluding diaryl/α,β-unsaturated/α-hetero) is 4. The molecule has 6 N–H and O–H groups in total. The molecule has 0 aromatic heterocycles. The molecule has 4 aliphatic heterocycles. The standard InChI is InChI=1S/C43H54O17/c1-18-25(44)8-10-32(55-18)60-43-30(46)16-41(5,52)17-42(43,53)13-12-24-35(43)40(51)23-7-6-22(38(49)34(23)39(24)50)28-15-29(37(48)21(4)54-28)59-31-11-9-27(19(2)56-31)58-33-14-26(45)36(47)20(3)57-33/h6-7,12-13,18-21,25,27-29,31-33,36-37,44,47-49,52-53H,8-11,14-17H2,1-5H3/t18-,19-,20-,21+,25-,27-,28+,29+,31-,32-,33+,36-,37+,41-,42-,43-/m0/s1. The summed E-state index contributed by atoms with van der Waals surface area (Å²) in [5, 5.41) is 66.5. The number of carbonyl (C=O) groups excluding carboxylic acids is 4. The van der Waals surface area contributed by atoms with E-state index in [-0.39, 0.29) is 53.7 Å². The van der Waals surface area contributed by atoms with Crippen molar-refractivity contribution in [1.82, 2.24) is 0 Å². The van der Waals surface area contributed by atoms with Gasteiger partial charge in [0.1, 0.15) is 23.6 Å². The molecular formula is C43H54O17. The highest BCUT2D eigenvalue weighted by atomic mass is 16.7. The van der Waals surface area contributed by atoms with E-state index in [0.717, 1.165) is 0 Å². The molecule has 0 radical (unpaired) electrons. The quantitative estimate of drug-likeness (QED) is 0.228. The minimum atomic E-state index is -2.47. The van der Waals surface area contributed by atoms with Crippen molar-refractivity contribution in [3.8, 4) is 5.75 Å². The number of phenolic OH excluding ortho intramolecular Hbond substituents is 1. The van der Waals surface area contributed by atoms with Gasteiger partial charge in [-0.1, -0.05) is 12.1 Å². The lowest BCUT2D eigenvalue weighted by atomic mass is 9.57. The first-order chi connectivity index (χ1) is 28.2. The van der Waals surface area contributed by atoms with E-state index in [0.29, 0.717) is 12.8 Å². The fourth-order valence-corrected chi connectivity index (χ4v) is 9.95. The zero-order valence-corrected chi connectivity index (χ0v) is 34.1. The van der Waals surface area contributed by atoms with E-state index in [2.05, 4.69) is 0 Å². The first kappa shape index (κ1) is 43.4. The van der Waals surface area contributed by atoms with Gasteiger partial charge in [-0.15, -0.1) is 0 Å². The smallest absolute Gasteiger partial charge is 0.198 e. The molecular weight excluding hydrogens is 788 g/mol. The summed E-state index contributed by atoms with van der Waals surface area (Å²) in [5.41, 5.74) is -7.59. The Labute approximate surface area is 346 Å². The van der Waals surface area contributed by atoms with Crippen molar-refractivity contribution < 1.29 is 83.0 Å². The van der Waals surface area contributed by atoms with Crippen LogP contribution in [0, 0.1) is 0 Å². The van der Waals surface area contributed by atoms with Crippen LogP contribution in [-0.2, 0) is 42.7 Å². The molecule has 4 heterocycles. The van der Waals surface area contributed by atoms with Crippen LogP contribution in [0.25, 0.3) is 0 Å². The molecule has 1 saturated carbocycles. The summed E-state index contributed by atoms with van der Waals surface area (Å²) >= 11 is 0. The number of benzene rings is 1. The summed E-state index contributed by atoms with van der Waals surface area (Å²) in [4.78, 5) is 55.7. The summed E-state index contributed by atoms with van der Waals surface area (Å²) in [6, 6.07) is 2.76. The number of allylic oxidation sites excluding steroid dienone is 2. The first-order valence-corrected chi connectivity index (χ1v) is 20.8. The maximum absolute atomic E-state index is 14.7. The van der Waals surface area contributed by atoms with Crippen LogP contribution in [0.4, 0.5) is 0 Å². The Hall–Kier alpha value is -3.30. The third-order valence-electron chi connectivity index (χ3n) is 13.2. The predicted molar refractivity (Wildman–Crippen MR) is 203 cm³/mol. The Bertz CT molecular complexity index is 1990. The Morgan fingerprint density at radius 1 is 0.767 bits per heavy atom. The van der Waals surface area contributed by atoms with Gasteiger partial charge in [-0.2, -0.15) is 0 Å². The van der Waals surface area contributed by atoms with Gasteiger partial charge in [0.15, 0.2) is 47.6 Å². The number of fused-ring (bicyclic) bond motifs is 3. The number of rotatable bonds is 7. The monoisotopic (exact) mass is 842 g/mol. The summed E-state index contributed by atoms with van der Waals surface area (Å²) in [5.74, 6) is -3.41. The van der Waals surface area contributed by atoms with E-state index in [4.69, 9.17) is 33.2 Å². The Morgan fingerprint density at radius 3 is 2.15 bits per heavy atom. The number of hydrogen-bond acceptors (Lipinski definition) is 17. The van der Waals surface area contributed by atoms with Gasteiger partial charge in [-0.3, -0.25) is 19.2 Å². The number of aliphatic hydroxyl groups excluding tert-OH is 3. The molecule has 7 aliphatic rings. The summed E-state index contributed by atoms with van der Waals surface area (Å²) < 4.78 is 42.5. The largest absolute Gasteiger partial charge is 0.507 e. The van der Waals surface area contributed by atoms with E-state index in [1.54, 1.807) is 27.7 Å². The van der Waals surface area contributed by atoms with Gasteiger partial charge in [0.05, 0.1) is 72.0 Å². The van der Waals surface area contributed by atoms with Crippen molar-refractivity contribution in [2.75, 3.05) is 0 Å². The van der Waals surface area contributed by atoms with Gasteiger partial charge >= 0.3 is 0 Å². The van der Waals surface area contributed by atoms with Gasteiger partial charge in [0.2, 0.25) is 0 Å². The SMILES string of the molecule is C[C@@H]1O[C@@H](O[C@@H]2C[C@H](c3ccc4c(c3O)C(=O)C3=C(C4=O)[C@@]4(O[C@H]5CC[C@H](O)[C@H](C)O5)C(=O)C[C@](C)(O)C[C@@]4(O)C=C3)O[C@H](C)[C@H]2O)CC[C@@H]1O[C@@H]1CC(=O)[C@@H](O)[C@H](C)O1. The average Bonchev–Trinajstić information content (AvgIpc) is 3.17. The molecule has 4 saturated heterocycles. The highest BCUT2D eigenvalue weighted by molar-refractivity contribution is 6.32. The van der Waals surface area contributed by atoms with Crippen molar-refractivity contribution >= 4 is 23.1 Å². The minimum absolute atomic E-state index is 0.0210. The molecule has 16 atom stereocenters. The highest BCUT2D eigenvalue weighted by Gasteiger charge is 2.69. The molecule has 0 bridgehead atoms. The predicted octanol–water partition coefficient (Wildman–Crippen LogP) is 1.69. The molecule has 60 heavy (non-hydrogen) atoms. The van der Waals surface area contributed by atoms with Crippen LogP contribution in [-0.4, -0.2) is 144 Å². The molecule has 0 amide bonds. The fraction of sp³-hybridized carbons (Fsp3) is 0.674. The normalized spacial score (nSPS) is 44.7. The van der Waals surface area contributed by atoms with Crippen LogP contribution in [0.1, 0.15) is 118 Å². The first-order valence-electron chi connectivity index (χ1n) is 20.8. The zero-order chi connectivity index (χ0) is 43.2. The Morgan fingerprint density at radius 2 is 1.45 bits per heavy atom. The molecule has 3 aliphatic carbocycles. The number of carbonyl (C=O) groups is 4. The summed E-state index contributed by atoms with van der Waals surface area (Å²) in [6.07, 6.45) is -8.21. The number of ether oxygens (including phenoxy) is 7. The van der Waals surface area contributed by atoms with Crippen molar-refractivity contribution in [2.45, 2.75) is 183 Å². The number of aliphatic hydroxyl groups is 5. The van der Waals surface area contributed by atoms with E-state index in [1.807, 2.05) is 0 Å². The molecule has 5 fully saturated rings. The van der Waals surface area contributed by atoms with Gasteiger partial charge in [-0.25, -0.2) is 0 Å². The molecule has 328 valence electrons. The number of ketones is 4. The van der Waals surface area contributed by atoms with Crippen molar-refractivity contribution in [1.29, 1.82) is 0 Å². The second kappa shape index (κ2) is 15.8. The van der Waals surface area contributed by atoms with E-state index in [9.17, 15) is 49.8 Å². The van der Waals surface area contributed by atoms with Crippen molar-refractivity contribution in [2.24, 2.45) is 0 Å². The van der Waals surface area contributed by atoms with Crippen molar-refractivity contribution in [3.05, 3.63) is 52.1 Å². The van der Waals surface area contributed by atoms with E-state index < -0.39 is 138 Å². The third kappa shape index (κ3) is 7.33. The maximum atomic E-state index is 14.7. The topological polar surface area (TPSA) is 254 Å². The molecule has 1 aromatic rings. The van der Waals surface area contributed by atoms with Gasteiger partial charge in [-0.05, 0) is 59.6 Å². The van der Waals surface area contributed by atoms with Gasteiger partial charge in [0, 0.05) is 48.8 Å². The van der Waals surface area contributed by atoms with Crippen LogP contribution in [0.2, 0.25) is 0 Å². The maximum Gasteiger partial charge on any atom is 0.198 e.